The van der Waals surface area contributed by atoms with Crippen LogP contribution >= 0.6 is 17.0 Å². The van der Waals surface area contributed by atoms with Crippen molar-refractivity contribution in [2.75, 3.05) is 0 Å². The number of hydrogen-bond donors (Lipinski definition) is 2. The maximum absolute atomic E-state index is 4.63. The molecule has 5 heteroatoms. The van der Waals surface area contributed by atoms with Crippen molar-refractivity contribution in [3.8, 4) is 0 Å². The summed E-state index contributed by atoms with van der Waals surface area (Å²) in [5.41, 5.74) is 7.86. The van der Waals surface area contributed by atoms with Gasteiger partial charge in [-0.2, -0.15) is 0 Å². The number of aromatic amines is 2. The van der Waals surface area contributed by atoms with Gasteiger partial charge in [-0.1, -0.05) is 0 Å². The topological polar surface area (TPSA) is 57.4 Å². The number of aromatic nitrogens is 4. The normalized spacial score (nSPS) is 12.2. The maximum atomic E-state index is 4.63. The van der Waals surface area contributed by atoms with Gasteiger partial charge in [-0.3, -0.25) is 0 Å². The largest absolute Gasteiger partial charge is 0.355 e. The molecule has 0 spiro atoms. The van der Waals surface area contributed by atoms with Gasteiger partial charge in [0.05, 0.1) is 22.8 Å². The average molecular weight is 391 g/mol. The van der Waals surface area contributed by atoms with Crippen LogP contribution in [-0.4, -0.2) is 19.9 Å². The molecule has 0 radical (unpaired) electrons. The van der Waals surface area contributed by atoms with Gasteiger partial charge < -0.3 is 9.97 Å². The second kappa shape index (κ2) is 6.18. The number of fused-ring (bicyclic) bond motifs is 8. The van der Waals surface area contributed by atoms with E-state index in [9.17, 15) is 0 Å². The van der Waals surface area contributed by atoms with Gasteiger partial charge in [-0.25, -0.2) is 9.97 Å². The van der Waals surface area contributed by atoms with Crippen LogP contribution in [0.25, 0.3) is 46.4 Å². The van der Waals surface area contributed by atoms with E-state index in [1.807, 2.05) is 48.6 Å². The first-order valence-corrected chi connectivity index (χ1v) is 7.85. The third-order valence-corrected chi connectivity index (χ3v) is 4.04. The van der Waals surface area contributed by atoms with Crippen LogP contribution in [0.3, 0.4) is 0 Å². The van der Waals surface area contributed by atoms with Crippen LogP contribution in [0.5, 0.6) is 0 Å². The number of hydrogen-bond acceptors (Lipinski definition) is 2. The fraction of sp³-hybridized carbons (Fsp3) is 0. The van der Waals surface area contributed by atoms with Gasteiger partial charge >= 0.3 is 0 Å². The summed E-state index contributed by atoms with van der Waals surface area (Å²) in [5, 5.41) is 0. The molecule has 122 valence electrons. The van der Waals surface area contributed by atoms with Crippen LogP contribution in [0, 0.1) is 0 Å². The summed E-state index contributed by atoms with van der Waals surface area (Å²) in [4.78, 5) is 16.0. The van der Waals surface area contributed by atoms with Crippen LogP contribution in [0.2, 0.25) is 0 Å². The van der Waals surface area contributed by atoms with Crippen molar-refractivity contribution in [3.05, 3.63) is 71.3 Å². The molecule has 0 amide bonds. The Morgan fingerprint density at radius 2 is 0.760 bits per heavy atom. The number of H-pyrrole nitrogens is 2. The van der Waals surface area contributed by atoms with Crippen molar-refractivity contribution in [2.45, 2.75) is 0 Å². The van der Waals surface area contributed by atoms with Crippen LogP contribution < -0.4 is 0 Å². The molecule has 0 saturated carbocycles. The first-order chi connectivity index (χ1) is 11.8. The van der Waals surface area contributed by atoms with Gasteiger partial charge in [0.1, 0.15) is 0 Å². The highest BCUT2D eigenvalue weighted by Gasteiger charge is 2.00. The minimum Gasteiger partial charge on any atom is -0.355 e. The zero-order valence-corrected chi connectivity index (χ0v) is 14.9. The lowest BCUT2D eigenvalue weighted by molar-refractivity contribution is 1.31. The zero-order valence-electron chi connectivity index (χ0n) is 13.2. The lowest BCUT2D eigenvalue weighted by Gasteiger charge is -1.85. The first-order valence-electron chi connectivity index (χ1n) is 7.85. The van der Waals surface area contributed by atoms with E-state index in [-0.39, 0.29) is 17.0 Å². The van der Waals surface area contributed by atoms with Gasteiger partial charge in [0.25, 0.3) is 0 Å². The third-order valence-electron chi connectivity index (χ3n) is 4.04. The Kier molecular flexibility index (Phi) is 3.86. The Hall–Kier alpha value is -2.92. The number of nitrogens with zero attached hydrogens (tertiary/aromatic N) is 2. The van der Waals surface area contributed by atoms with Gasteiger partial charge in [-0.15, -0.1) is 17.0 Å². The lowest BCUT2D eigenvalue weighted by Crippen LogP contribution is -1.75. The summed E-state index contributed by atoms with van der Waals surface area (Å²) in [6.45, 7) is 0. The molecule has 4 nitrogen and oxygen atoms in total. The molecule has 8 bridgehead atoms. The Balaban J connectivity index is 0.00000157. The van der Waals surface area contributed by atoms with E-state index in [4.69, 9.17) is 0 Å². The number of nitrogens with one attached hydrogen (secondary N) is 2. The predicted octanol–water partition coefficient (Wildman–Crippen LogP) is 5.23. The summed E-state index contributed by atoms with van der Waals surface area (Å²) in [6.07, 6.45) is 8.09. The molecule has 3 aromatic heterocycles. The van der Waals surface area contributed by atoms with E-state index < -0.39 is 0 Å². The van der Waals surface area contributed by atoms with E-state index >= 15 is 0 Å². The Bertz CT molecular complexity index is 990. The van der Waals surface area contributed by atoms with E-state index in [0.29, 0.717) is 0 Å². The molecule has 2 N–H and O–H groups in total. The van der Waals surface area contributed by atoms with Gasteiger partial charge in [0.15, 0.2) is 0 Å². The average Bonchev–Trinajstić information content (AvgIpc) is 3.32. The number of rotatable bonds is 0. The quantitative estimate of drug-likeness (QED) is 0.380. The van der Waals surface area contributed by atoms with Crippen molar-refractivity contribution in [2.24, 2.45) is 0 Å². The molecular formula is C20H15BrN4. The highest BCUT2D eigenvalue weighted by atomic mass is 79.9. The molecular weight excluding hydrogens is 376 g/mol. The molecule has 2 aliphatic heterocycles. The minimum absolute atomic E-state index is 0. The minimum atomic E-state index is 0. The molecule has 0 aliphatic carbocycles. The van der Waals surface area contributed by atoms with Crippen LogP contribution in [-0.2, 0) is 0 Å². The van der Waals surface area contributed by atoms with Crippen LogP contribution in [0.1, 0.15) is 22.8 Å². The summed E-state index contributed by atoms with van der Waals surface area (Å²) in [5.74, 6) is 0. The molecule has 0 fully saturated rings. The predicted molar refractivity (Wildman–Crippen MR) is 109 cm³/mol. The van der Waals surface area contributed by atoms with Gasteiger partial charge in [0, 0.05) is 22.1 Å². The highest BCUT2D eigenvalue weighted by molar-refractivity contribution is 8.93. The molecule has 0 aromatic carbocycles. The van der Waals surface area contributed by atoms with Crippen molar-refractivity contribution in [1.82, 2.24) is 19.9 Å². The zero-order chi connectivity index (χ0) is 15.9. The van der Waals surface area contributed by atoms with Crippen molar-refractivity contribution in [3.63, 3.8) is 0 Å². The summed E-state index contributed by atoms with van der Waals surface area (Å²) in [7, 11) is 0. The molecule has 0 atom stereocenters. The van der Waals surface area contributed by atoms with Crippen molar-refractivity contribution < 1.29 is 0 Å². The Labute approximate surface area is 154 Å². The van der Waals surface area contributed by atoms with Gasteiger partial charge in [-0.05, 0) is 72.8 Å². The second-order valence-corrected chi connectivity index (χ2v) is 5.91. The molecule has 3 aromatic rings. The smallest absolute Gasteiger partial charge is 0.0658 e. The lowest BCUT2D eigenvalue weighted by atomic mass is 10.3. The first kappa shape index (κ1) is 15.6. The van der Waals surface area contributed by atoms with E-state index in [1.54, 1.807) is 0 Å². The molecule has 5 heterocycles. The molecule has 0 unspecified atom stereocenters. The van der Waals surface area contributed by atoms with Crippen LogP contribution in [0.15, 0.2) is 48.5 Å². The molecule has 2 aliphatic rings. The molecule has 5 rings (SSSR count). The third kappa shape index (κ3) is 3.19. The van der Waals surface area contributed by atoms with Crippen molar-refractivity contribution in [1.29, 1.82) is 0 Å². The summed E-state index contributed by atoms with van der Waals surface area (Å²) < 4.78 is 0. The van der Waals surface area contributed by atoms with Gasteiger partial charge in [0.2, 0.25) is 0 Å². The summed E-state index contributed by atoms with van der Waals surface area (Å²) in [6, 6.07) is 16.4. The fourth-order valence-electron chi connectivity index (χ4n) is 2.94. The fourth-order valence-corrected chi connectivity index (χ4v) is 2.94. The summed E-state index contributed by atoms with van der Waals surface area (Å²) >= 11 is 0. The van der Waals surface area contributed by atoms with E-state index in [0.717, 1.165) is 44.8 Å². The Morgan fingerprint density at radius 3 is 1.04 bits per heavy atom. The molecule has 25 heavy (non-hydrogen) atoms. The maximum Gasteiger partial charge on any atom is 0.0658 e. The van der Waals surface area contributed by atoms with Crippen molar-refractivity contribution >= 4 is 63.4 Å². The Morgan fingerprint density at radius 1 is 0.480 bits per heavy atom. The van der Waals surface area contributed by atoms with E-state index in [1.165, 1.54) is 0 Å². The van der Waals surface area contributed by atoms with E-state index in [2.05, 4.69) is 44.2 Å². The standard InChI is InChI=1S/C20H14N4.BrH/c1-2-14-10-16-5-6-18(23-16)12-20-8-7-19(24-20)11-17-4-3-15(22-17)9-13(1)21-14;/h1-12,21,24H;1H. The highest BCUT2D eigenvalue weighted by Crippen LogP contribution is 2.16. The SMILES string of the molecule is Br.C1=Cc2cc3ccc(cc4nc(cc5ccc(cc1n2)[nH]5)C=C4)[nH]3. The second-order valence-electron chi connectivity index (χ2n) is 5.91. The molecule has 0 saturated heterocycles. The monoisotopic (exact) mass is 390 g/mol. The van der Waals surface area contributed by atoms with Crippen LogP contribution in [0.4, 0.5) is 0 Å². The number of halogens is 1.